The van der Waals surface area contributed by atoms with E-state index in [1.54, 1.807) is 0 Å². The van der Waals surface area contributed by atoms with Crippen LogP contribution in [0.3, 0.4) is 0 Å². The molecule has 1 aliphatic carbocycles. The van der Waals surface area contributed by atoms with Gasteiger partial charge < -0.3 is 9.47 Å². The molecule has 0 spiro atoms. The molecular weight excluding hydrogens is 322 g/mol. The molecule has 0 bridgehead atoms. The highest BCUT2D eigenvalue weighted by Gasteiger charge is 2.30. The minimum absolute atomic E-state index is 0.150. The van der Waals surface area contributed by atoms with Crippen molar-refractivity contribution in [1.82, 2.24) is 4.90 Å². The van der Waals surface area contributed by atoms with E-state index in [2.05, 4.69) is 20.8 Å². The molecule has 0 heterocycles. The summed E-state index contributed by atoms with van der Waals surface area (Å²) in [4.78, 5) is 13.7. The van der Waals surface area contributed by atoms with Gasteiger partial charge in [0.15, 0.2) is 0 Å². The Balaban J connectivity index is 1.74. The number of carbonyl (C=O) groups is 1. The average Bonchev–Trinajstić information content (AvgIpc) is 3.24. The van der Waals surface area contributed by atoms with Gasteiger partial charge in [0.2, 0.25) is 0 Å². The molecule has 0 unspecified atom stereocenters. The lowest BCUT2D eigenvalue weighted by molar-refractivity contribution is -0.144. The van der Waals surface area contributed by atoms with Crippen LogP contribution in [-0.4, -0.2) is 43.2 Å². The van der Waals surface area contributed by atoms with Gasteiger partial charge in [0.05, 0.1) is 13.2 Å². The predicted molar refractivity (Wildman–Crippen MR) is 80.9 cm³/mol. The van der Waals surface area contributed by atoms with Gasteiger partial charge in [-0.3, -0.25) is 9.69 Å². The van der Waals surface area contributed by atoms with E-state index in [1.165, 1.54) is 0 Å². The first-order valence-electron chi connectivity index (χ1n) is 6.97. The maximum Gasteiger partial charge on any atom is 0.320 e. The monoisotopic (exact) mass is 341 g/mol. The molecule has 1 fully saturated rings. The molecule has 110 valence electrons. The van der Waals surface area contributed by atoms with Gasteiger partial charge >= 0.3 is 5.97 Å². The first-order valence-corrected chi connectivity index (χ1v) is 7.76. The van der Waals surface area contributed by atoms with E-state index in [9.17, 15) is 4.79 Å². The van der Waals surface area contributed by atoms with Crippen molar-refractivity contribution in [3.63, 3.8) is 0 Å². The molecule has 1 aliphatic rings. The summed E-state index contributed by atoms with van der Waals surface area (Å²) in [6, 6.07) is 8.28. The fourth-order valence-corrected chi connectivity index (χ4v) is 2.28. The molecule has 4 nitrogen and oxygen atoms in total. The predicted octanol–water partition coefficient (Wildman–Crippen LogP) is 2.86. The van der Waals surface area contributed by atoms with Crippen molar-refractivity contribution < 1.29 is 14.3 Å². The molecule has 1 aromatic carbocycles. The van der Waals surface area contributed by atoms with E-state index < -0.39 is 0 Å². The van der Waals surface area contributed by atoms with Crippen LogP contribution in [0.4, 0.5) is 0 Å². The van der Waals surface area contributed by atoms with Gasteiger partial charge in [0.25, 0.3) is 0 Å². The Bertz CT molecular complexity index is 431. The highest BCUT2D eigenvalue weighted by atomic mass is 79.9. The molecule has 1 aromatic rings. The maximum atomic E-state index is 11.5. The van der Waals surface area contributed by atoms with E-state index in [4.69, 9.17) is 9.47 Å². The second-order valence-electron chi connectivity index (χ2n) is 4.81. The smallest absolute Gasteiger partial charge is 0.320 e. The zero-order valence-electron chi connectivity index (χ0n) is 11.7. The number of carbonyl (C=O) groups excluding carboxylic acids is 1. The topological polar surface area (TPSA) is 38.8 Å². The maximum absolute atomic E-state index is 11.5. The van der Waals surface area contributed by atoms with Crippen LogP contribution in [0.15, 0.2) is 28.7 Å². The third kappa shape index (κ3) is 5.13. The molecule has 0 aliphatic heterocycles. The fraction of sp³-hybridized carbons (Fsp3) is 0.533. The van der Waals surface area contributed by atoms with E-state index in [0.29, 0.717) is 25.8 Å². The quantitative estimate of drug-likeness (QED) is 0.681. The van der Waals surface area contributed by atoms with Crippen LogP contribution in [0.25, 0.3) is 0 Å². The summed E-state index contributed by atoms with van der Waals surface area (Å²) in [5.41, 5.74) is 0. The zero-order chi connectivity index (χ0) is 14.4. The van der Waals surface area contributed by atoms with Crippen LogP contribution < -0.4 is 4.74 Å². The molecule has 0 aromatic heterocycles. The number of esters is 1. The van der Waals surface area contributed by atoms with Crippen LogP contribution in [0.2, 0.25) is 0 Å². The molecule has 0 N–H and O–H groups in total. The number of halogens is 1. The Hall–Kier alpha value is -1.07. The van der Waals surface area contributed by atoms with Gasteiger partial charge in [-0.25, -0.2) is 0 Å². The van der Waals surface area contributed by atoms with Gasteiger partial charge in [0.1, 0.15) is 12.4 Å². The molecule has 0 saturated heterocycles. The second kappa shape index (κ2) is 7.64. The Morgan fingerprint density at radius 3 is 2.65 bits per heavy atom. The number of nitrogens with zero attached hydrogens (tertiary/aromatic N) is 1. The SMILES string of the molecule is CCOC(=O)CN(CCOc1ccc(Br)cc1)C1CC1. The summed E-state index contributed by atoms with van der Waals surface area (Å²) in [5, 5.41) is 0. The van der Waals surface area contributed by atoms with Gasteiger partial charge in [-0.1, -0.05) is 15.9 Å². The summed E-state index contributed by atoms with van der Waals surface area (Å²) >= 11 is 3.39. The molecule has 0 radical (unpaired) electrons. The van der Waals surface area contributed by atoms with Crippen molar-refractivity contribution in [2.24, 2.45) is 0 Å². The van der Waals surface area contributed by atoms with Crippen LogP contribution >= 0.6 is 15.9 Å². The van der Waals surface area contributed by atoms with E-state index >= 15 is 0 Å². The largest absolute Gasteiger partial charge is 0.492 e. The highest BCUT2D eigenvalue weighted by molar-refractivity contribution is 9.10. The summed E-state index contributed by atoms with van der Waals surface area (Å²) in [5.74, 6) is 0.697. The van der Waals surface area contributed by atoms with Gasteiger partial charge in [0, 0.05) is 17.1 Å². The second-order valence-corrected chi connectivity index (χ2v) is 5.72. The van der Waals surface area contributed by atoms with E-state index in [0.717, 1.165) is 29.6 Å². The van der Waals surface area contributed by atoms with E-state index in [1.807, 2.05) is 31.2 Å². The molecule has 0 atom stereocenters. The molecule has 1 saturated carbocycles. The summed E-state index contributed by atoms with van der Waals surface area (Å²) in [6.45, 7) is 3.96. The lowest BCUT2D eigenvalue weighted by Gasteiger charge is -2.20. The van der Waals surface area contributed by atoms with Crippen molar-refractivity contribution in [1.29, 1.82) is 0 Å². The molecular formula is C15H20BrNO3. The van der Waals surface area contributed by atoms with Crippen LogP contribution in [-0.2, 0) is 9.53 Å². The summed E-state index contributed by atoms with van der Waals surface area (Å²) in [6.07, 6.45) is 2.33. The Morgan fingerprint density at radius 2 is 2.05 bits per heavy atom. The summed E-state index contributed by atoms with van der Waals surface area (Å²) < 4.78 is 11.7. The lowest BCUT2D eigenvalue weighted by atomic mass is 10.3. The summed E-state index contributed by atoms with van der Waals surface area (Å²) in [7, 11) is 0. The molecule has 2 rings (SSSR count). The Kier molecular flexibility index (Phi) is 5.86. The zero-order valence-corrected chi connectivity index (χ0v) is 13.3. The normalized spacial score (nSPS) is 14.3. The number of hydrogen-bond acceptors (Lipinski definition) is 4. The molecule has 0 amide bonds. The standard InChI is InChI=1S/C15H20BrNO3/c1-2-19-15(18)11-17(13-5-6-13)9-10-20-14-7-3-12(16)4-8-14/h3-4,7-8,13H,2,5-6,9-11H2,1H3. The first-order chi connectivity index (χ1) is 9.69. The number of rotatable bonds is 8. The van der Waals surface area contributed by atoms with Gasteiger partial charge in [-0.15, -0.1) is 0 Å². The number of hydrogen-bond donors (Lipinski definition) is 0. The van der Waals surface area contributed by atoms with Crippen molar-refractivity contribution in [3.8, 4) is 5.75 Å². The van der Waals surface area contributed by atoms with Crippen LogP contribution in [0, 0.1) is 0 Å². The minimum atomic E-state index is -0.150. The Labute approximate surface area is 128 Å². The third-order valence-corrected chi connectivity index (χ3v) is 3.69. The molecule has 5 heteroatoms. The van der Waals surface area contributed by atoms with Crippen molar-refractivity contribution in [2.75, 3.05) is 26.3 Å². The van der Waals surface area contributed by atoms with Crippen molar-refractivity contribution in [3.05, 3.63) is 28.7 Å². The lowest BCUT2D eigenvalue weighted by Crippen LogP contribution is -2.36. The number of benzene rings is 1. The molecule has 20 heavy (non-hydrogen) atoms. The minimum Gasteiger partial charge on any atom is -0.492 e. The highest BCUT2D eigenvalue weighted by Crippen LogP contribution is 2.26. The fourth-order valence-electron chi connectivity index (χ4n) is 2.01. The van der Waals surface area contributed by atoms with E-state index in [-0.39, 0.29) is 5.97 Å². The van der Waals surface area contributed by atoms with Crippen molar-refractivity contribution in [2.45, 2.75) is 25.8 Å². The third-order valence-electron chi connectivity index (χ3n) is 3.16. The number of ether oxygens (including phenoxy) is 2. The van der Waals surface area contributed by atoms with Crippen molar-refractivity contribution >= 4 is 21.9 Å². The van der Waals surface area contributed by atoms with Gasteiger partial charge in [-0.2, -0.15) is 0 Å². The first kappa shape index (κ1) is 15.3. The van der Waals surface area contributed by atoms with Crippen LogP contribution in [0.1, 0.15) is 19.8 Å². The average molecular weight is 342 g/mol. The van der Waals surface area contributed by atoms with Crippen LogP contribution in [0.5, 0.6) is 5.75 Å². The van der Waals surface area contributed by atoms with Gasteiger partial charge in [-0.05, 0) is 44.0 Å². The Morgan fingerprint density at radius 1 is 1.35 bits per heavy atom.